The molecule has 0 bridgehead atoms. The number of benzene rings is 1. The first kappa shape index (κ1) is 26.7. The van der Waals surface area contributed by atoms with E-state index in [2.05, 4.69) is 4.90 Å². The molecule has 196 valence electrons. The maximum absolute atomic E-state index is 13.6. The van der Waals surface area contributed by atoms with Crippen LogP contribution in [0.3, 0.4) is 0 Å². The van der Waals surface area contributed by atoms with Crippen LogP contribution >= 0.6 is 11.6 Å². The third-order valence-electron chi connectivity index (χ3n) is 7.70. The van der Waals surface area contributed by atoms with E-state index in [0.717, 1.165) is 25.9 Å². The second-order valence-electron chi connectivity index (χ2n) is 10.0. The van der Waals surface area contributed by atoms with Crippen molar-refractivity contribution >= 4 is 27.7 Å². The van der Waals surface area contributed by atoms with Gasteiger partial charge in [0.05, 0.1) is 17.0 Å². The van der Waals surface area contributed by atoms with Crippen molar-refractivity contribution in [2.75, 3.05) is 32.8 Å². The molecule has 35 heavy (non-hydrogen) atoms. The minimum Gasteiger partial charge on any atom is -0.448 e. The zero-order valence-corrected chi connectivity index (χ0v) is 22.1. The fraction of sp³-hybridized carbons (Fsp3) is 0.720. The molecule has 0 unspecified atom stereocenters. The number of rotatable bonds is 6. The lowest BCUT2D eigenvalue weighted by molar-refractivity contribution is 0.00828. The van der Waals surface area contributed by atoms with Gasteiger partial charge in [-0.2, -0.15) is 4.31 Å². The summed E-state index contributed by atoms with van der Waals surface area (Å²) in [6, 6.07) is 5.62. The second-order valence-corrected chi connectivity index (χ2v) is 12.3. The summed E-state index contributed by atoms with van der Waals surface area (Å²) in [7, 11) is -3.85. The zero-order chi connectivity index (χ0) is 25.0. The fourth-order valence-electron chi connectivity index (χ4n) is 5.80. The Morgan fingerprint density at radius 3 is 2.29 bits per heavy atom. The normalized spacial score (nSPS) is 27.6. The molecule has 1 aromatic rings. The molecule has 3 saturated heterocycles. The number of hydrogen-bond acceptors (Lipinski definition) is 6. The first-order valence-corrected chi connectivity index (χ1v) is 14.7. The van der Waals surface area contributed by atoms with Gasteiger partial charge in [-0.15, -0.1) is 0 Å². The summed E-state index contributed by atoms with van der Waals surface area (Å²) in [6.07, 6.45) is 5.79. The third-order valence-corrected chi connectivity index (χ3v) is 9.97. The van der Waals surface area contributed by atoms with Gasteiger partial charge < -0.3 is 19.6 Å². The van der Waals surface area contributed by atoms with Gasteiger partial charge in [-0.25, -0.2) is 13.2 Å². The van der Waals surface area contributed by atoms with Crippen molar-refractivity contribution in [1.29, 1.82) is 0 Å². The highest BCUT2D eigenvalue weighted by molar-refractivity contribution is 7.89. The predicted octanol–water partition coefficient (Wildman–Crippen LogP) is 3.72. The molecule has 0 aromatic heterocycles. The SMILES string of the molecule is CC[C@@H]1C[C@H](O)C[C@H](COC(=O)N2CCC(N3CCCCC3)CC2)N1S(=O)(=O)c1ccc(Cl)cc1. The number of sulfonamides is 1. The topological polar surface area (TPSA) is 90.4 Å². The van der Waals surface area contributed by atoms with Crippen LogP contribution in [0.1, 0.15) is 58.3 Å². The fourth-order valence-corrected chi connectivity index (χ4v) is 7.81. The molecule has 3 aliphatic rings. The van der Waals surface area contributed by atoms with E-state index in [0.29, 0.717) is 37.0 Å². The number of ether oxygens (including phenoxy) is 1. The van der Waals surface area contributed by atoms with Crippen LogP contribution < -0.4 is 0 Å². The average Bonchev–Trinajstić information content (AvgIpc) is 2.87. The highest BCUT2D eigenvalue weighted by atomic mass is 35.5. The average molecular weight is 528 g/mol. The molecule has 0 saturated carbocycles. The molecule has 3 fully saturated rings. The number of carbonyl (C=O) groups excluding carboxylic acids is 1. The lowest BCUT2D eigenvalue weighted by atomic mass is 9.95. The predicted molar refractivity (Wildman–Crippen MR) is 135 cm³/mol. The number of amides is 1. The molecular weight excluding hydrogens is 490 g/mol. The Balaban J connectivity index is 1.39. The van der Waals surface area contributed by atoms with Crippen LogP contribution in [0.25, 0.3) is 0 Å². The highest BCUT2D eigenvalue weighted by Gasteiger charge is 2.43. The molecule has 3 atom stereocenters. The lowest BCUT2D eigenvalue weighted by Gasteiger charge is -2.43. The molecule has 1 N–H and O–H groups in total. The minimum absolute atomic E-state index is 0.0781. The Morgan fingerprint density at radius 1 is 1.03 bits per heavy atom. The van der Waals surface area contributed by atoms with E-state index < -0.39 is 28.3 Å². The van der Waals surface area contributed by atoms with E-state index in [9.17, 15) is 18.3 Å². The highest BCUT2D eigenvalue weighted by Crippen LogP contribution is 2.32. The van der Waals surface area contributed by atoms with E-state index in [4.69, 9.17) is 16.3 Å². The largest absolute Gasteiger partial charge is 0.448 e. The molecular formula is C25H38ClN3O5S. The molecule has 3 heterocycles. The Morgan fingerprint density at radius 2 is 1.66 bits per heavy atom. The summed E-state index contributed by atoms with van der Waals surface area (Å²) < 4.78 is 34.2. The molecule has 10 heteroatoms. The van der Waals surface area contributed by atoms with Gasteiger partial charge in [-0.1, -0.05) is 24.9 Å². The molecule has 0 spiro atoms. The monoisotopic (exact) mass is 527 g/mol. The molecule has 8 nitrogen and oxygen atoms in total. The number of aliphatic hydroxyl groups is 1. The number of nitrogens with zero attached hydrogens (tertiary/aromatic N) is 3. The lowest BCUT2D eigenvalue weighted by Crippen LogP contribution is -2.55. The summed E-state index contributed by atoms with van der Waals surface area (Å²) in [6.45, 7) is 5.43. The van der Waals surface area contributed by atoms with Crippen molar-refractivity contribution in [3.8, 4) is 0 Å². The minimum atomic E-state index is -3.85. The summed E-state index contributed by atoms with van der Waals surface area (Å²) in [5.74, 6) is 0. The van der Waals surface area contributed by atoms with Crippen molar-refractivity contribution in [2.45, 2.75) is 87.4 Å². The van der Waals surface area contributed by atoms with Crippen molar-refractivity contribution in [3.05, 3.63) is 29.3 Å². The van der Waals surface area contributed by atoms with Crippen LogP contribution in [0, 0.1) is 0 Å². The Bertz CT molecular complexity index is 946. The van der Waals surface area contributed by atoms with Crippen LogP contribution in [0.5, 0.6) is 0 Å². The van der Waals surface area contributed by atoms with Crippen LogP contribution in [0.2, 0.25) is 5.02 Å². The Labute approximate surface area is 214 Å². The van der Waals surface area contributed by atoms with Crippen molar-refractivity contribution in [3.63, 3.8) is 0 Å². The quantitative estimate of drug-likeness (QED) is 0.606. The Kier molecular flexibility index (Phi) is 8.97. The van der Waals surface area contributed by atoms with E-state index >= 15 is 0 Å². The van der Waals surface area contributed by atoms with E-state index in [-0.39, 0.29) is 24.0 Å². The van der Waals surface area contributed by atoms with Crippen molar-refractivity contribution in [1.82, 2.24) is 14.1 Å². The summed E-state index contributed by atoms with van der Waals surface area (Å²) in [4.78, 5) is 17.3. The summed E-state index contributed by atoms with van der Waals surface area (Å²) in [5.41, 5.74) is 0. The van der Waals surface area contributed by atoms with Crippen LogP contribution in [0.4, 0.5) is 4.79 Å². The molecule has 3 aliphatic heterocycles. The van der Waals surface area contributed by atoms with Crippen LogP contribution in [-0.4, -0.2) is 90.7 Å². The molecule has 1 aromatic carbocycles. The van der Waals surface area contributed by atoms with Gasteiger partial charge >= 0.3 is 6.09 Å². The van der Waals surface area contributed by atoms with Gasteiger partial charge in [-0.05, 0) is 82.3 Å². The number of halogens is 1. The molecule has 0 radical (unpaired) electrons. The van der Waals surface area contributed by atoms with Crippen molar-refractivity contribution in [2.24, 2.45) is 0 Å². The van der Waals surface area contributed by atoms with Gasteiger partial charge in [-0.3, -0.25) is 0 Å². The van der Waals surface area contributed by atoms with Gasteiger partial charge in [0.15, 0.2) is 0 Å². The number of hydrogen-bond donors (Lipinski definition) is 1. The van der Waals surface area contributed by atoms with Crippen LogP contribution in [-0.2, 0) is 14.8 Å². The van der Waals surface area contributed by atoms with Crippen molar-refractivity contribution < 1.29 is 23.1 Å². The number of carbonyl (C=O) groups is 1. The van der Waals surface area contributed by atoms with E-state index in [1.54, 1.807) is 17.0 Å². The van der Waals surface area contributed by atoms with Gasteiger partial charge in [0, 0.05) is 30.2 Å². The molecule has 0 aliphatic carbocycles. The maximum Gasteiger partial charge on any atom is 0.409 e. The van der Waals surface area contributed by atoms with Gasteiger partial charge in [0.1, 0.15) is 6.61 Å². The first-order chi connectivity index (χ1) is 16.8. The Hall–Kier alpha value is -1.39. The van der Waals surface area contributed by atoms with Crippen LogP contribution in [0.15, 0.2) is 29.2 Å². The number of piperidine rings is 3. The number of likely N-dealkylation sites (tertiary alicyclic amines) is 2. The molecule has 1 amide bonds. The van der Waals surface area contributed by atoms with Gasteiger partial charge in [0.25, 0.3) is 0 Å². The second kappa shape index (κ2) is 11.8. The standard InChI is InChI=1S/C25H38ClN3O5S/c1-2-20-16-23(30)17-22(29(20)35(32,33)24-8-6-19(26)7-9-24)18-34-25(31)28-14-10-21(11-15-28)27-12-4-3-5-13-27/h6-9,20-23,30H,2-5,10-18H2,1H3/t20-,22-,23+/m1/s1. The van der Waals surface area contributed by atoms with E-state index in [1.165, 1.54) is 35.7 Å². The summed E-state index contributed by atoms with van der Waals surface area (Å²) >= 11 is 5.96. The summed E-state index contributed by atoms with van der Waals surface area (Å²) in [5, 5.41) is 10.9. The smallest absolute Gasteiger partial charge is 0.409 e. The zero-order valence-electron chi connectivity index (χ0n) is 20.5. The van der Waals surface area contributed by atoms with Gasteiger partial charge in [0.2, 0.25) is 10.0 Å². The first-order valence-electron chi connectivity index (χ1n) is 12.9. The third kappa shape index (κ3) is 6.31. The molecule has 4 rings (SSSR count). The maximum atomic E-state index is 13.6. The van der Waals surface area contributed by atoms with E-state index in [1.807, 2.05) is 6.92 Å². The number of aliphatic hydroxyl groups excluding tert-OH is 1.